The average molecular weight is 293 g/mol. The Balaban J connectivity index is 1.70. The lowest BCUT2D eigenvalue weighted by atomic mass is 10.2. The zero-order valence-corrected chi connectivity index (χ0v) is 12.7. The molecule has 2 aromatic heterocycles. The van der Waals surface area contributed by atoms with E-state index < -0.39 is 0 Å². The average Bonchev–Trinajstić information content (AvgIpc) is 3.30. The lowest BCUT2D eigenvalue weighted by Gasteiger charge is -2.18. The molecule has 0 amide bonds. The van der Waals surface area contributed by atoms with Crippen LogP contribution in [0, 0.1) is 5.92 Å². The molecule has 0 spiro atoms. The lowest BCUT2D eigenvalue weighted by Crippen LogP contribution is -2.20. The Morgan fingerprint density at radius 3 is 2.77 bits per heavy atom. The van der Waals surface area contributed by atoms with Gasteiger partial charge >= 0.3 is 0 Å². The Bertz CT molecular complexity index is 776. The third kappa shape index (κ3) is 2.43. The molecule has 1 aliphatic carbocycles. The van der Waals surface area contributed by atoms with Crippen LogP contribution in [0.5, 0.6) is 0 Å². The third-order valence-corrected chi connectivity index (χ3v) is 4.28. The maximum absolute atomic E-state index is 4.50. The molecule has 0 atom stereocenters. The summed E-state index contributed by atoms with van der Waals surface area (Å²) in [6.45, 7) is 1.04. The molecule has 0 radical (unpaired) electrons. The highest BCUT2D eigenvalue weighted by Crippen LogP contribution is 2.33. The van der Waals surface area contributed by atoms with Crippen LogP contribution in [0.3, 0.4) is 0 Å². The van der Waals surface area contributed by atoms with Crippen LogP contribution in [0.25, 0.3) is 16.7 Å². The van der Waals surface area contributed by atoms with Crippen molar-refractivity contribution in [2.75, 3.05) is 18.5 Å². The number of para-hydroxylation sites is 1. The first-order valence-electron chi connectivity index (χ1n) is 7.78. The maximum Gasteiger partial charge on any atom is 0.168 e. The second kappa shape index (κ2) is 5.40. The Morgan fingerprint density at radius 1 is 1.18 bits per heavy atom. The van der Waals surface area contributed by atoms with E-state index in [0.29, 0.717) is 0 Å². The molecule has 5 nitrogen and oxygen atoms in total. The summed E-state index contributed by atoms with van der Waals surface area (Å²) in [5.41, 5.74) is 1.87. The van der Waals surface area contributed by atoms with E-state index in [2.05, 4.69) is 27.0 Å². The normalized spacial score (nSPS) is 14.4. The quantitative estimate of drug-likeness (QED) is 0.725. The van der Waals surface area contributed by atoms with Gasteiger partial charge in [-0.05, 0) is 24.5 Å². The molecule has 4 rings (SSSR count). The van der Waals surface area contributed by atoms with Gasteiger partial charge < -0.3 is 4.90 Å². The van der Waals surface area contributed by atoms with Gasteiger partial charge in [0.25, 0.3) is 0 Å². The summed E-state index contributed by atoms with van der Waals surface area (Å²) >= 11 is 0. The molecule has 0 saturated heterocycles. The summed E-state index contributed by atoms with van der Waals surface area (Å²) in [5, 5.41) is 5.51. The Hall–Kier alpha value is -2.43. The van der Waals surface area contributed by atoms with Crippen LogP contribution < -0.4 is 4.90 Å². The van der Waals surface area contributed by atoms with Crippen LogP contribution in [-0.4, -0.2) is 33.3 Å². The Kier molecular flexibility index (Phi) is 3.25. The number of benzene rings is 1. The first kappa shape index (κ1) is 13.2. The van der Waals surface area contributed by atoms with Gasteiger partial charge in [0.05, 0.1) is 17.3 Å². The van der Waals surface area contributed by atoms with E-state index in [1.807, 2.05) is 41.2 Å². The molecule has 1 fully saturated rings. The van der Waals surface area contributed by atoms with Crippen molar-refractivity contribution >= 4 is 16.9 Å². The largest absolute Gasteiger partial charge is 0.359 e. The zero-order valence-electron chi connectivity index (χ0n) is 12.7. The molecule has 5 heteroatoms. The molecule has 0 N–H and O–H groups in total. The highest BCUT2D eigenvalue weighted by molar-refractivity contribution is 5.87. The summed E-state index contributed by atoms with van der Waals surface area (Å²) < 4.78 is 1.87. The van der Waals surface area contributed by atoms with E-state index in [9.17, 15) is 0 Å². The van der Waals surface area contributed by atoms with E-state index in [4.69, 9.17) is 0 Å². The molecule has 1 aromatic carbocycles. The van der Waals surface area contributed by atoms with Crippen LogP contribution in [0.2, 0.25) is 0 Å². The summed E-state index contributed by atoms with van der Waals surface area (Å²) in [5.74, 6) is 1.89. The Labute approximate surface area is 129 Å². The van der Waals surface area contributed by atoms with Gasteiger partial charge in [-0.15, -0.1) is 0 Å². The van der Waals surface area contributed by atoms with Crippen molar-refractivity contribution in [2.45, 2.75) is 19.3 Å². The van der Waals surface area contributed by atoms with Gasteiger partial charge in [0, 0.05) is 13.6 Å². The molecule has 22 heavy (non-hydrogen) atoms. The lowest BCUT2D eigenvalue weighted by molar-refractivity contribution is 0.707. The fourth-order valence-electron chi connectivity index (χ4n) is 2.78. The topological polar surface area (TPSA) is 46.8 Å². The predicted octanol–water partition coefficient (Wildman–Crippen LogP) is 3.05. The standard InChI is InChI=1S/C17H19N5/c1-21(10-9-13-7-8-13)16-15-11-20-22(17(15)19-12-18-16)14-5-3-2-4-6-14/h2-6,11-13H,7-10H2,1H3. The van der Waals surface area contributed by atoms with E-state index in [0.717, 1.165) is 35.0 Å². The number of rotatable bonds is 5. The van der Waals surface area contributed by atoms with Gasteiger partial charge in [0.1, 0.15) is 12.1 Å². The van der Waals surface area contributed by atoms with Gasteiger partial charge in [-0.25, -0.2) is 14.6 Å². The molecule has 2 heterocycles. The molecule has 0 bridgehead atoms. The fourth-order valence-corrected chi connectivity index (χ4v) is 2.78. The molecule has 0 aliphatic heterocycles. The van der Waals surface area contributed by atoms with E-state index in [-0.39, 0.29) is 0 Å². The second-order valence-electron chi connectivity index (χ2n) is 5.98. The molecule has 1 saturated carbocycles. The van der Waals surface area contributed by atoms with Crippen LogP contribution in [-0.2, 0) is 0 Å². The van der Waals surface area contributed by atoms with Gasteiger partial charge in [-0.3, -0.25) is 0 Å². The molecular formula is C17H19N5. The summed E-state index contributed by atoms with van der Waals surface area (Å²) in [6, 6.07) is 10.1. The van der Waals surface area contributed by atoms with E-state index in [1.54, 1.807) is 6.33 Å². The molecule has 112 valence electrons. The van der Waals surface area contributed by atoms with Crippen LogP contribution >= 0.6 is 0 Å². The van der Waals surface area contributed by atoms with Crippen LogP contribution in [0.15, 0.2) is 42.9 Å². The van der Waals surface area contributed by atoms with Crippen molar-refractivity contribution < 1.29 is 0 Å². The fraction of sp³-hybridized carbons (Fsp3) is 0.353. The van der Waals surface area contributed by atoms with Crippen molar-refractivity contribution in [3.05, 3.63) is 42.9 Å². The van der Waals surface area contributed by atoms with E-state index >= 15 is 0 Å². The van der Waals surface area contributed by atoms with Crippen molar-refractivity contribution in [1.82, 2.24) is 19.7 Å². The molecule has 1 aliphatic rings. The van der Waals surface area contributed by atoms with Gasteiger partial charge in [0.2, 0.25) is 0 Å². The highest BCUT2D eigenvalue weighted by Gasteiger charge is 2.22. The first-order valence-corrected chi connectivity index (χ1v) is 7.78. The minimum absolute atomic E-state index is 0.856. The van der Waals surface area contributed by atoms with Gasteiger partial charge in [0.15, 0.2) is 5.65 Å². The van der Waals surface area contributed by atoms with E-state index in [1.165, 1.54) is 19.3 Å². The van der Waals surface area contributed by atoms with Crippen LogP contribution in [0.1, 0.15) is 19.3 Å². The van der Waals surface area contributed by atoms with Crippen molar-refractivity contribution in [3.8, 4) is 5.69 Å². The Morgan fingerprint density at radius 2 is 2.00 bits per heavy atom. The number of aromatic nitrogens is 4. The second-order valence-corrected chi connectivity index (χ2v) is 5.98. The zero-order chi connectivity index (χ0) is 14.9. The molecule has 3 aromatic rings. The third-order valence-electron chi connectivity index (χ3n) is 4.28. The minimum atomic E-state index is 0.856. The minimum Gasteiger partial charge on any atom is -0.359 e. The number of hydrogen-bond donors (Lipinski definition) is 0. The first-order chi connectivity index (χ1) is 10.8. The summed E-state index contributed by atoms with van der Waals surface area (Å²) in [7, 11) is 2.10. The summed E-state index contributed by atoms with van der Waals surface area (Å²) in [6.07, 6.45) is 7.52. The monoisotopic (exact) mass is 293 g/mol. The molecular weight excluding hydrogens is 274 g/mol. The van der Waals surface area contributed by atoms with Crippen LogP contribution in [0.4, 0.5) is 5.82 Å². The summed E-state index contributed by atoms with van der Waals surface area (Å²) in [4.78, 5) is 11.1. The number of hydrogen-bond acceptors (Lipinski definition) is 4. The van der Waals surface area contributed by atoms with Gasteiger partial charge in [-0.1, -0.05) is 31.0 Å². The van der Waals surface area contributed by atoms with Crippen molar-refractivity contribution in [2.24, 2.45) is 5.92 Å². The number of nitrogens with zero attached hydrogens (tertiary/aromatic N) is 5. The molecule has 0 unspecified atom stereocenters. The smallest absolute Gasteiger partial charge is 0.168 e. The van der Waals surface area contributed by atoms with Crippen molar-refractivity contribution in [1.29, 1.82) is 0 Å². The highest BCUT2D eigenvalue weighted by atomic mass is 15.3. The maximum atomic E-state index is 4.50. The van der Waals surface area contributed by atoms with Gasteiger partial charge in [-0.2, -0.15) is 5.10 Å². The SMILES string of the molecule is CN(CCC1CC1)c1ncnc2c1cnn2-c1ccccc1. The van der Waals surface area contributed by atoms with Crippen molar-refractivity contribution in [3.63, 3.8) is 0 Å². The predicted molar refractivity (Wildman–Crippen MR) is 87.3 cm³/mol. The number of anilines is 1. The number of fused-ring (bicyclic) bond motifs is 1.